The van der Waals surface area contributed by atoms with Crippen LogP contribution in [0.2, 0.25) is 5.02 Å². The number of benzene rings is 1. The Balaban J connectivity index is 1.92. The summed E-state index contributed by atoms with van der Waals surface area (Å²) in [5.41, 5.74) is 2.70. The summed E-state index contributed by atoms with van der Waals surface area (Å²) in [7, 11) is 0. The molecule has 0 unspecified atom stereocenters. The minimum atomic E-state index is -0.347. The maximum Gasteiger partial charge on any atom is 0.319 e. The summed E-state index contributed by atoms with van der Waals surface area (Å²) in [4.78, 5) is 28.1. The molecule has 0 aliphatic rings. The zero-order valence-corrected chi connectivity index (χ0v) is 14.1. The van der Waals surface area contributed by atoms with Crippen LogP contribution in [0.4, 0.5) is 10.5 Å². The molecule has 2 N–H and O–H groups in total. The monoisotopic (exact) mass is 334 g/mol. The Bertz CT molecular complexity index is 786. The number of amides is 2. The van der Waals surface area contributed by atoms with Crippen LogP contribution >= 0.6 is 11.6 Å². The largest absolute Gasteiger partial charge is 0.336 e. The van der Waals surface area contributed by atoms with Crippen LogP contribution in [0.15, 0.2) is 29.3 Å². The summed E-state index contributed by atoms with van der Waals surface area (Å²) in [6.07, 6.45) is 1.49. The van der Waals surface area contributed by atoms with Gasteiger partial charge in [-0.1, -0.05) is 17.7 Å². The highest BCUT2D eigenvalue weighted by atomic mass is 35.5. The second-order valence-corrected chi connectivity index (χ2v) is 5.65. The van der Waals surface area contributed by atoms with Crippen LogP contribution in [0, 0.1) is 20.8 Å². The van der Waals surface area contributed by atoms with Gasteiger partial charge in [0.1, 0.15) is 0 Å². The summed E-state index contributed by atoms with van der Waals surface area (Å²) in [5.74, 6) is 0. The van der Waals surface area contributed by atoms with Crippen molar-refractivity contribution in [2.75, 3.05) is 11.9 Å². The fourth-order valence-electron chi connectivity index (χ4n) is 2.03. The lowest BCUT2D eigenvalue weighted by Gasteiger charge is -2.11. The van der Waals surface area contributed by atoms with Crippen molar-refractivity contribution < 1.29 is 4.79 Å². The lowest BCUT2D eigenvalue weighted by Crippen LogP contribution is -2.34. The van der Waals surface area contributed by atoms with Crippen molar-refractivity contribution in [1.82, 2.24) is 14.9 Å². The molecule has 1 heterocycles. The highest BCUT2D eigenvalue weighted by Crippen LogP contribution is 2.22. The number of anilines is 1. The lowest BCUT2D eigenvalue weighted by atomic mass is 10.2. The van der Waals surface area contributed by atoms with E-state index in [0.717, 1.165) is 5.56 Å². The van der Waals surface area contributed by atoms with Crippen LogP contribution in [-0.4, -0.2) is 22.1 Å². The number of urea groups is 1. The highest BCUT2D eigenvalue weighted by molar-refractivity contribution is 6.31. The molecule has 0 spiro atoms. The summed E-state index contributed by atoms with van der Waals surface area (Å²) >= 11 is 6.01. The van der Waals surface area contributed by atoms with Gasteiger partial charge in [0.05, 0.1) is 6.33 Å². The minimum absolute atomic E-state index is 0.0922. The number of nitrogens with one attached hydrogen (secondary N) is 2. The van der Waals surface area contributed by atoms with Crippen molar-refractivity contribution in [3.63, 3.8) is 0 Å². The van der Waals surface area contributed by atoms with Gasteiger partial charge in [0.2, 0.25) is 0 Å². The van der Waals surface area contributed by atoms with Crippen molar-refractivity contribution in [1.29, 1.82) is 0 Å². The Morgan fingerprint density at radius 3 is 2.74 bits per heavy atom. The van der Waals surface area contributed by atoms with Gasteiger partial charge in [0.15, 0.2) is 0 Å². The molecule has 0 radical (unpaired) electrons. The van der Waals surface area contributed by atoms with Gasteiger partial charge in [-0.15, -0.1) is 0 Å². The number of carbonyl (C=O) groups excluding carboxylic acids is 1. The first kappa shape index (κ1) is 17.0. The normalized spacial score (nSPS) is 10.4. The number of aromatic nitrogens is 2. The first-order valence-electron chi connectivity index (χ1n) is 7.22. The summed E-state index contributed by atoms with van der Waals surface area (Å²) in [6.45, 7) is 6.03. The molecule has 0 fully saturated rings. The molecule has 7 heteroatoms. The third kappa shape index (κ3) is 4.10. The van der Waals surface area contributed by atoms with Gasteiger partial charge in [-0.25, -0.2) is 9.78 Å². The topological polar surface area (TPSA) is 76.0 Å². The first-order valence-corrected chi connectivity index (χ1v) is 7.60. The Morgan fingerprint density at radius 1 is 1.26 bits per heavy atom. The number of hydrogen-bond donors (Lipinski definition) is 2. The molecule has 0 aliphatic heterocycles. The Kier molecular flexibility index (Phi) is 5.39. The number of carbonyl (C=O) groups is 1. The summed E-state index contributed by atoms with van der Waals surface area (Å²) < 4.78 is 1.48. The van der Waals surface area contributed by atoms with Gasteiger partial charge in [-0.2, -0.15) is 0 Å². The SMILES string of the molecule is Cc1ncn(CCNC(=O)Nc2cccc(Cl)c2C)c(=O)c1C. The van der Waals surface area contributed by atoms with Crippen molar-refractivity contribution >= 4 is 23.3 Å². The smallest absolute Gasteiger partial charge is 0.319 e. The van der Waals surface area contributed by atoms with E-state index < -0.39 is 0 Å². The molecule has 2 aromatic rings. The molecular formula is C16H19ClN4O2. The van der Waals surface area contributed by atoms with Crippen LogP contribution in [0.1, 0.15) is 16.8 Å². The molecule has 0 atom stereocenters. The van der Waals surface area contributed by atoms with E-state index in [1.807, 2.05) is 6.92 Å². The predicted molar refractivity (Wildman–Crippen MR) is 91.2 cm³/mol. The lowest BCUT2D eigenvalue weighted by molar-refractivity contribution is 0.251. The number of aryl methyl sites for hydroxylation is 1. The zero-order chi connectivity index (χ0) is 17.0. The van der Waals surface area contributed by atoms with Crippen molar-refractivity contribution in [3.05, 3.63) is 56.7 Å². The van der Waals surface area contributed by atoms with E-state index in [2.05, 4.69) is 15.6 Å². The molecule has 6 nitrogen and oxygen atoms in total. The second-order valence-electron chi connectivity index (χ2n) is 5.25. The Morgan fingerprint density at radius 2 is 2.00 bits per heavy atom. The zero-order valence-electron chi connectivity index (χ0n) is 13.3. The molecule has 2 rings (SSSR count). The number of halogens is 1. The van der Waals surface area contributed by atoms with Gasteiger partial charge < -0.3 is 10.6 Å². The average molecular weight is 335 g/mol. The van der Waals surface area contributed by atoms with Gasteiger partial charge in [0, 0.05) is 35.1 Å². The molecular weight excluding hydrogens is 316 g/mol. The van der Waals surface area contributed by atoms with Crippen LogP contribution in [0.25, 0.3) is 0 Å². The summed E-state index contributed by atoms with van der Waals surface area (Å²) in [6, 6.07) is 4.96. The van der Waals surface area contributed by atoms with E-state index in [0.29, 0.717) is 35.1 Å². The van der Waals surface area contributed by atoms with Crippen LogP contribution in [0.3, 0.4) is 0 Å². The summed E-state index contributed by atoms with van der Waals surface area (Å²) in [5, 5.41) is 6.03. The molecule has 0 saturated carbocycles. The van der Waals surface area contributed by atoms with Crippen LogP contribution in [0.5, 0.6) is 0 Å². The van der Waals surface area contributed by atoms with E-state index in [1.54, 1.807) is 32.0 Å². The molecule has 1 aromatic heterocycles. The fourth-order valence-corrected chi connectivity index (χ4v) is 2.21. The first-order chi connectivity index (χ1) is 10.9. The van der Waals surface area contributed by atoms with Gasteiger partial charge in [0.25, 0.3) is 5.56 Å². The highest BCUT2D eigenvalue weighted by Gasteiger charge is 2.07. The molecule has 0 aliphatic carbocycles. The maximum absolute atomic E-state index is 12.0. The fraction of sp³-hybridized carbons (Fsp3) is 0.312. The van der Waals surface area contributed by atoms with E-state index in [4.69, 9.17) is 11.6 Å². The standard InChI is InChI=1S/C16H19ClN4O2/c1-10-12(3)19-9-21(15(10)22)8-7-18-16(23)20-14-6-4-5-13(17)11(14)2/h4-6,9H,7-8H2,1-3H3,(H2,18,20,23). The van der Waals surface area contributed by atoms with Crippen molar-refractivity contribution in [2.45, 2.75) is 27.3 Å². The van der Waals surface area contributed by atoms with Crippen molar-refractivity contribution in [2.24, 2.45) is 0 Å². The molecule has 2 amide bonds. The molecule has 23 heavy (non-hydrogen) atoms. The van der Waals surface area contributed by atoms with Gasteiger partial charge in [-0.05, 0) is 38.5 Å². The predicted octanol–water partition coefficient (Wildman–Crippen LogP) is 2.64. The quantitative estimate of drug-likeness (QED) is 0.902. The van der Waals surface area contributed by atoms with E-state index in [-0.39, 0.29) is 11.6 Å². The second kappa shape index (κ2) is 7.28. The van der Waals surface area contributed by atoms with E-state index >= 15 is 0 Å². The Hall–Kier alpha value is -2.34. The third-order valence-corrected chi connectivity index (χ3v) is 4.08. The van der Waals surface area contributed by atoms with Gasteiger partial charge >= 0.3 is 6.03 Å². The van der Waals surface area contributed by atoms with Crippen molar-refractivity contribution in [3.8, 4) is 0 Å². The minimum Gasteiger partial charge on any atom is -0.336 e. The van der Waals surface area contributed by atoms with E-state index in [1.165, 1.54) is 10.9 Å². The average Bonchev–Trinajstić information content (AvgIpc) is 2.52. The maximum atomic E-state index is 12.0. The Labute approximate surface area is 139 Å². The molecule has 0 saturated heterocycles. The molecule has 1 aromatic carbocycles. The molecule has 0 bridgehead atoms. The number of rotatable bonds is 4. The van der Waals surface area contributed by atoms with E-state index in [9.17, 15) is 9.59 Å². The van der Waals surface area contributed by atoms with Crippen LogP contribution in [-0.2, 0) is 6.54 Å². The third-order valence-electron chi connectivity index (χ3n) is 3.67. The molecule has 122 valence electrons. The number of nitrogens with zero attached hydrogens (tertiary/aromatic N) is 2. The van der Waals surface area contributed by atoms with Gasteiger partial charge in [-0.3, -0.25) is 9.36 Å². The number of hydrogen-bond acceptors (Lipinski definition) is 3. The van der Waals surface area contributed by atoms with Crippen LogP contribution < -0.4 is 16.2 Å².